The van der Waals surface area contributed by atoms with Gasteiger partial charge in [-0.05, 0) is 30.4 Å². The maximum absolute atomic E-state index is 12.3. The molecule has 0 aliphatic heterocycles. The Morgan fingerprint density at radius 1 is 1.50 bits per heavy atom. The van der Waals surface area contributed by atoms with Gasteiger partial charge >= 0.3 is 5.69 Å². The molecule has 2 aromatic rings. The van der Waals surface area contributed by atoms with E-state index in [0.29, 0.717) is 12.5 Å². The third kappa shape index (κ3) is 3.29. The number of fused-ring (bicyclic) bond motifs is 1. The minimum atomic E-state index is -0.497. The first kappa shape index (κ1) is 16.2. The highest BCUT2D eigenvalue weighted by Crippen LogP contribution is 2.36. The van der Waals surface area contributed by atoms with Crippen LogP contribution in [0.4, 0.5) is 5.69 Å². The van der Waals surface area contributed by atoms with Gasteiger partial charge in [-0.15, -0.1) is 0 Å². The van der Waals surface area contributed by atoms with Gasteiger partial charge in [-0.25, -0.2) is 0 Å². The number of hydrogen-bond acceptors (Lipinski definition) is 4. The average Bonchev–Trinajstić information content (AvgIpc) is 3.11. The summed E-state index contributed by atoms with van der Waals surface area (Å²) in [6.07, 6.45) is 3.73. The van der Waals surface area contributed by atoms with E-state index in [4.69, 9.17) is 0 Å². The van der Waals surface area contributed by atoms with Crippen molar-refractivity contribution < 1.29 is 9.72 Å². The average molecular weight is 328 g/mol. The Morgan fingerprint density at radius 3 is 3.00 bits per heavy atom. The quantitative estimate of drug-likeness (QED) is 0.674. The standard InChI is InChI=1S/C17H20N4O3/c1-11-3-4-13-8-12(2)17(15(13)7-11)19-16(22)5-6-20-10-14(9-18-20)21(23)24/h3-4,7,9-10,12,17H,5-6,8H2,1-2H3,(H,19,22)/t12-,17-/m1/s1. The van der Waals surface area contributed by atoms with Gasteiger partial charge in [0, 0.05) is 13.0 Å². The first-order valence-corrected chi connectivity index (χ1v) is 7.99. The molecule has 0 saturated heterocycles. The van der Waals surface area contributed by atoms with E-state index < -0.39 is 4.92 Å². The summed E-state index contributed by atoms with van der Waals surface area (Å²) in [5.41, 5.74) is 3.61. The molecule has 7 nitrogen and oxygen atoms in total. The van der Waals surface area contributed by atoms with Crippen LogP contribution >= 0.6 is 0 Å². The van der Waals surface area contributed by atoms with Gasteiger partial charge in [0.1, 0.15) is 12.4 Å². The number of hydrogen-bond donors (Lipinski definition) is 1. The van der Waals surface area contributed by atoms with Crippen LogP contribution < -0.4 is 5.32 Å². The normalized spacial score (nSPS) is 19.1. The highest BCUT2D eigenvalue weighted by atomic mass is 16.6. The lowest BCUT2D eigenvalue weighted by atomic mass is 10.0. The number of carbonyl (C=O) groups excluding carboxylic acids is 1. The second-order valence-corrected chi connectivity index (χ2v) is 6.40. The predicted octanol–water partition coefficient (Wildman–Crippen LogP) is 2.54. The van der Waals surface area contributed by atoms with E-state index in [2.05, 4.69) is 35.5 Å². The summed E-state index contributed by atoms with van der Waals surface area (Å²) in [6, 6.07) is 6.40. The van der Waals surface area contributed by atoms with Crippen molar-refractivity contribution in [2.45, 2.75) is 39.3 Å². The Balaban J connectivity index is 1.61. The topological polar surface area (TPSA) is 90.1 Å². The fourth-order valence-corrected chi connectivity index (χ4v) is 3.21. The van der Waals surface area contributed by atoms with Crippen molar-refractivity contribution in [3.63, 3.8) is 0 Å². The van der Waals surface area contributed by atoms with Crippen molar-refractivity contribution in [2.75, 3.05) is 0 Å². The van der Waals surface area contributed by atoms with Gasteiger partial charge in [0.05, 0.1) is 11.0 Å². The Bertz CT molecular complexity index is 784. The molecule has 7 heteroatoms. The number of aromatic nitrogens is 2. The molecule has 0 fully saturated rings. The van der Waals surface area contributed by atoms with Crippen molar-refractivity contribution in [1.82, 2.24) is 15.1 Å². The maximum Gasteiger partial charge on any atom is 0.306 e. The van der Waals surface area contributed by atoms with Gasteiger partial charge in [0.15, 0.2) is 0 Å². The molecular weight excluding hydrogens is 308 g/mol. The van der Waals surface area contributed by atoms with E-state index in [1.165, 1.54) is 33.8 Å². The van der Waals surface area contributed by atoms with Gasteiger partial charge < -0.3 is 5.32 Å². The van der Waals surface area contributed by atoms with Crippen molar-refractivity contribution in [3.8, 4) is 0 Å². The summed E-state index contributed by atoms with van der Waals surface area (Å²) in [5, 5.41) is 17.6. The van der Waals surface area contributed by atoms with Gasteiger partial charge in [-0.1, -0.05) is 30.7 Å². The molecule has 2 atom stereocenters. The van der Waals surface area contributed by atoms with Crippen molar-refractivity contribution >= 4 is 11.6 Å². The Morgan fingerprint density at radius 2 is 2.29 bits per heavy atom. The van der Waals surface area contributed by atoms with Crippen LogP contribution in [0, 0.1) is 23.0 Å². The third-order valence-corrected chi connectivity index (χ3v) is 4.46. The molecule has 0 bridgehead atoms. The monoisotopic (exact) mass is 328 g/mol. The Kier molecular flexibility index (Phi) is 4.33. The van der Waals surface area contributed by atoms with E-state index in [1.54, 1.807) is 0 Å². The van der Waals surface area contributed by atoms with Gasteiger partial charge in [-0.2, -0.15) is 5.10 Å². The molecule has 0 unspecified atom stereocenters. The molecular formula is C17H20N4O3. The minimum absolute atomic E-state index is 0.0272. The van der Waals surface area contributed by atoms with E-state index in [-0.39, 0.29) is 24.1 Å². The van der Waals surface area contributed by atoms with Crippen LogP contribution in [0.15, 0.2) is 30.6 Å². The molecule has 126 valence electrons. The molecule has 3 rings (SSSR count). The largest absolute Gasteiger partial charge is 0.349 e. The molecule has 0 spiro atoms. The molecule has 1 aromatic heterocycles. The highest BCUT2D eigenvalue weighted by molar-refractivity contribution is 5.76. The number of nitro groups is 1. The maximum atomic E-state index is 12.3. The van der Waals surface area contributed by atoms with E-state index >= 15 is 0 Å². The lowest BCUT2D eigenvalue weighted by molar-refractivity contribution is -0.385. The van der Waals surface area contributed by atoms with E-state index in [1.807, 2.05) is 6.92 Å². The SMILES string of the molecule is Cc1ccc2c(c1)[C@H](NC(=O)CCn1cc([N+](=O)[O-])cn1)[C@H](C)C2. The van der Waals surface area contributed by atoms with Crippen molar-refractivity contribution in [1.29, 1.82) is 0 Å². The summed E-state index contributed by atoms with van der Waals surface area (Å²) in [6.45, 7) is 4.51. The van der Waals surface area contributed by atoms with Crippen LogP contribution in [0.2, 0.25) is 0 Å². The summed E-state index contributed by atoms with van der Waals surface area (Å²) < 4.78 is 1.42. The molecule has 1 aliphatic rings. The zero-order valence-electron chi connectivity index (χ0n) is 13.7. The number of nitrogens with one attached hydrogen (secondary N) is 1. The number of rotatable bonds is 5. The summed E-state index contributed by atoms with van der Waals surface area (Å²) in [7, 11) is 0. The van der Waals surface area contributed by atoms with E-state index in [9.17, 15) is 14.9 Å². The number of nitrogens with zero attached hydrogens (tertiary/aromatic N) is 3. The van der Waals surface area contributed by atoms with Crippen LogP contribution in [0.25, 0.3) is 0 Å². The second kappa shape index (κ2) is 6.43. The molecule has 1 N–H and O–H groups in total. The Labute approximate surface area is 139 Å². The van der Waals surface area contributed by atoms with E-state index in [0.717, 1.165) is 6.42 Å². The molecule has 0 saturated carbocycles. The van der Waals surface area contributed by atoms with Gasteiger partial charge in [0.2, 0.25) is 5.91 Å². The Hall–Kier alpha value is -2.70. The number of benzene rings is 1. The summed E-state index contributed by atoms with van der Waals surface area (Å²) in [4.78, 5) is 22.4. The molecule has 1 heterocycles. The number of amides is 1. The van der Waals surface area contributed by atoms with Crippen molar-refractivity contribution in [3.05, 3.63) is 57.4 Å². The van der Waals surface area contributed by atoms with Crippen LogP contribution in [-0.4, -0.2) is 20.6 Å². The zero-order chi connectivity index (χ0) is 17.3. The van der Waals surface area contributed by atoms with Crippen LogP contribution in [0.3, 0.4) is 0 Å². The predicted molar refractivity (Wildman–Crippen MR) is 88.4 cm³/mol. The first-order chi connectivity index (χ1) is 11.4. The van der Waals surface area contributed by atoms with Crippen LogP contribution in [0.5, 0.6) is 0 Å². The van der Waals surface area contributed by atoms with Crippen LogP contribution in [-0.2, 0) is 17.8 Å². The smallest absolute Gasteiger partial charge is 0.306 e. The van der Waals surface area contributed by atoms with Gasteiger partial charge in [0.25, 0.3) is 0 Å². The third-order valence-electron chi connectivity index (χ3n) is 4.46. The highest BCUT2D eigenvalue weighted by Gasteiger charge is 2.30. The summed E-state index contributed by atoms with van der Waals surface area (Å²) >= 11 is 0. The molecule has 0 radical (unpaired) electrons. The number of aryl methyl sites for hydroxylation is 2. The molecule has 1 amide bonds. The molecule has 1 aliphatic carbocycles. The fourth-order valence-electron chi connectivity index (χ4n) is 3.21. The number of carbonyl (C=O) groups is 1. The minimum Gasteiger partial charge on any atom is -0.349 e. The second-order valence-electron chi connectivity index (χ2n) is 6.40. The lowest BCUT2D eigenvalue weighted by Crippen LogP contribution is -2.31. The van der Waals surface area contributed by atoms with Crippen molar-refractivity contribution in [2.24, 2.45) is 5.92 Å². The van der Waals surface area contributed by atoms with Gasteiger partial charge in [-0.3, -0.25) is 19.6 Å². The molecule has 1 aromatic carbocycles. The zero-order valence-corrected chi connectivity index (χ0v) is 13.7. The lowest BCUT2D eigenvalue weighted by Gasteiger charge is -2.19. The fraction of sp³-hybridized carbons (Fsp3) is 0.412. The van der Waals surface area contributed by atoms with Crippen LogP contribution in [0.1, 0.15) is 36.1 Å². The first-order valence-electron chi connectivity index (χ1n) is 7.99. The molecule has 24 heavy (non-hydrogen) atoms. The summed E-state index contributed by atoms with van der Waals surface area (Å²) in [5.74, 6) is 0.288.